The zero-order valence-corrected chi connectivity index (χ0v) is 40.5. The van der Waals surface area contributed by atoms with Gasteiger partial charge in [-0.3, -0.25) is 0 Å². The summed E-state index contributed by atoms with van der Waals surface area (Å²) in [4.78, 5) is 0. The van der Waals surface area contributed by atoms with Gasteiger partial charge in [-0.2, -0.15) is 0 Å². The molecular weight excluding hydrogens is 793 g/mol. The minimum absolute atomic E-state index is 0.638. The average molecular weight is 866 g/mol. The second-order valence-corrected chi connectivity index (χ2v) is 27.3. The molecule has 0 fully saturated rings. The minimum atomic E-state index is -2.49. The quantitative estimate of drug-likeness (QED) is 0.0343. The van der Waals surface area contributed by atoms with E-state index < -0.39 is 35.2 Å². The van der Waals surface area contributed by atoms with Crippen molar-refractivity contribution in [1.29, 1.82) is 0 Å². The molecule has 0 unspecified atom stereocenters. The van der Waals surface area contributed by atoms with E-state index in [1.807, 2.05) is 84.7 Å². The highest BCUT2D eigenvalue weighted by Crippen LogP contribution is 2.29. The van der Waals surface area contributed by atoms with Crippen LogP contribution in [0.4, 0.5) is 0 Å². The second kappa shape index (κ2) is 35.2. The molecule has 0 aromatic rings. The van der Waals surface area contributed by atoms with Gasteiger partial charge in [0.25, 0.3) is 0 Å². The third-order valence-corrected chi connectivity index (χ3v) is 24.2. The van der Waals surface area contributed by atoms with Gasteiger partial charge < -0.3 is 53.1 Å². The van der Waals surface area contributed by atoms with E-state index in [0.717, 1.165) is 72.9 Å². The summed E-state index contributed by atoms with van der Waals surface area (Å²) in [6.07, 6.45) is 4.12. The largest absolute Gasteiger partial charge is 0.500 e. The Morgan fingerprint density at radius 3 is 0.640 bits per heavy atom. The first kappa shape index (κ1) is 53.9. The normalized spacial score (nSPS) is 12.7. The molecule has 304 valence electrons. The lowest BCUT2D eigenvalue weighted by Crippen LogP contribution is -2.46. The van der Waals surface area contributed by atoms with E-state index >= 15 is 0 Å². The predicted molar refractivity (Wildman–Crippen MR) is 222 cm³/mol. The topological polar surface area (TPSA) is 111 Å². The van der Waals surface area contributed by atoms with Gasteiger partial charge in [0.2, 0.25) is 0 Å². The molecule has 0 spiro atoms. The zero-order valence-electron chi connectivity index (χ0n) is 33.3. The molecule has 0 aliphatic rings. The second-order valence-electron chi connectivity index (χ2n) is 10.3. The molecule has 0 aliphatic heterocycles. The maximum Gasteiger partial charge on any atom is 0.500 e. The Morgan fingerprint density at radius 2 is 0.480 bits per heavy atom. The van der Waals surface area contributed by atoms with E-state index in [9.17, 15) is 0 Å². The van der Waals surface area contributed by atoms with E-state index in [1.54, 1.807) is 42.7 Å². The van der Waals surface area contributed by atoms with E-state index in [4.69, 9.17) is 53.1 Å². The Hall–Kier alpha value is 1.79. The highest BCUT2D eigenvalue weighted by atomic mass is 33.1. The molecule has 0 amide bonds. The van der Waals surface area contributed by atoms with E-state index in [1.165, 1.54) is 0 Å². The molecule has 0 heterocycles. The minimum Gasteiger partial charge on any atom is -0.377 e. The first-order chi connectivity index (χ1) is 24.1. The SMILES string of the molecule is CCO[Si](CCCSSCCC[Si](OCC)(OCC)OCC)(OCC)OCC.CO[Si](CCCSSCCC[Si](OC)(OC)OC)(OC)OC. The van der Waals surface area contributed by atoms with Crippen molar-refractivity contribution < 1.29 is 53.1 Å². The van der Waals surface area contributed by atoms with Crippen LogP contribution < -0.4 is 0 Å². The maximum atomic E-state index is 5.90. The molecule has 0 aliphatic carbocycles. The summed E-state index contributed by atoms with van der Waals surface area (Å²) in [5.41, 5.74) is 0. The molecule has 0 bridgehead atoms. The smallest absolute Gasteiger partial charge is 0.377 e. The van der Waals surface area contributed by atoms with Crippen molar-refractivity contribution in [1.82, 2.24) is 0 Å². The van der Waals surface area contributed by atoms with Crippen LogP contribution in [0, 0.1) is 0 Å². The summed E-state index contributed by atoms with van der Waals surface area (Å²) >= 11 is 0. The average Bonchev–Trinajstić information content (AvgIpc) is 3.12. The van der Waals surface area contributed by atoms with Crippen LogP contribution in [0.15, 0.2) is 0 Å². The van der Waals surface area contributed by atoms with Gasteiger partial charge in [0.15, 0.2) is 0 Å². The first-order valence-electron chi connectivity index (χ1n) is 17.8. The molecule has 0 atom stereocenters. The standard InChI is InChI=1S/C18H42O6S2Si2.C12H30O6S2Si2/c1-7-19-27(20-8-2,21-9-3)17-13-15-25-26-16-14-18-28(22-10-4,23-11-5)24-12-6;1-13-21(14-2,15-3)11-7-9-19-20-10-8-12-22(16-4,17-5)18-6/h7-18H2,1-6H3;7-12H2,1-6H3. The van der Waals surface area contributed by atoms with Crippen molar-refractivity contribution in [2.75, 3.05) is 105 Å². The zero-order chi connectivity index (χ0) is 38.0. The molecule has 50 heavy (non-hydrogen) atoms. The fourth-order valence-corrected chi connectivity index (χ4v) is 18.8. The lowest BCUT2D eigenvalue weighted by molar-refractivity contribution is 0.0704. The molecule has 20 heteroatoms. The molecule has 12 nitrogen and oxygen atoms in total. The van der Waals surface area contributed by atoms with Crippen molar-refractivity contribution in [3.8, 4) is 0 Å². The van der Waals surface area contributed by atoms with Crippen LogP contribution in [0.1, 0.15) is 67.2 Å². The predicted octanol–water partition coefficient (Wildman–Crippen LogP) is 8.15. The summed E-state index contributed by atoms with van der Waals surface area (Å²) in [5, 5.41) is 0. The van der Waals surface area contributed by atoms with Gasteiger partial charge in [0.05, 0.1) is 0 Å². The lowest BCUT2D eigenvalue weighted by Gasteiger charge is -2.28. The van der Waals surface area contributed by atoms with Crippen LogP contribution in [0.3, 0.4) is 0 Å². The fraction of sp³-hybridized carbons (Fsp3) is 1.00. The van der Waals surface area contributed by atoms with Crippen molar-refractivity contribution in [3.63, 3.8) is 0 Å². The third-order valence-electron chi connectivity index (χ3n) is 7.06. The van der Waals surface area contributed by atoms with E-state index in [0.29, 0.717) is 39.6 Å². The maximum absolute atomic E-state index is 5.90. The molecular formula is C30H72O12S4Si4. The van der Waals surface area contributed by atoms with E-state index in [-0.39, 0.29) is 0 Å². The Morgan fingerprint density at radius 1 is 0.300 bits per heavy atom. The lowest BCUT2D eigenvalue weighted by atomic mass is 10.6. The van der Waals surface area contributed by atoms with Crippen molar-refractivity contribution in [2.45, 2.75) is 91.4 Å². The summed E-state index contributed by atoms with van der Waals surface area (Å²) < 4.78 is 67.8. The summed E-state index contributed by atoms with van der Waals surface area (Å²) in [7, 11) is 7.67. The highest BCUT2D eigenvalue weighted by molar-refractivity contribution is 8.77. The van der Waals surface area contributed by atoms with E-state index in [2.05, 4.69) is 0 Å². The highest BCUT2D eigenvalue weighted by Gasteiger charge is 2.41. The number of hydrogen-bond acceptors (Lipinski definition) is 16. The Kier molecular flexibility index (Phi) is 38.0. The Balaban J connectivity index is 0. The molecule has 0 radical (unpaired) electrons. The van der Waals surface area contributed by atoms with Crippen LogP contribution in [-0.2, 0) is 53.1 Å². The van der Waals surface area contributed by atoms with Crippen LogP contribution in [0.2, 0.25) is 24.2 Å². The molecule has 0 saturated heterocycles. The molecule has 0 rings (SSSR count). The molecule has 0 saturated carbocycles. The molecule has 0 N–H and O–H groups in total. The summed E-state index contributed by atoms with van der Waals surface area (Å²) in [6, 6.07) is 3.45. The Labute approximate surface area is 326 Å². The number of hydrogen-bond donors (Lipinski definition) is 0. The Bertz CT molecular complexity index is 631. The summed E-state index contributed by atoms with van der Waals surface area (Å²) in [5.74, 6) is 4.24. The van der Waals surface area contributed by atoms with Crippen LogP contribution in [0.5, 0.6) is 0 Å². The first-order valence-corrected chi connectivity index (χ1v) is 30.5. The van der Waals surface area contributed by atoms with Gasteiger partial charge in [0.1, 0.15) is 0 Å². The third kappa shape index (κ3) is 24.3. The van der Waals surface area contributed by atoms with Gasteiger partial charge in [-0.25, -0.2) is 0 Å². The number of rotatable bonds is 36. The monoisotopic (exact) mass is 864 g/mol. The summed E-state index contributed by atoms with van der Waals surface area (Å²) in [6.45, 7) is 15.8. The van der Waals surface area contributed by atoms with Gasteiger partial charge in [0, 0.05) is 129 Å². The van der Waals surface area contributed by atoms with Gasteiger partial charge in [-0.15, -0.1) is 0 Å². The molecule has 0 aromatic carbocycles. The molecule has 0 aromatic heterocycles. The van der Waals surface area contributed by atoms with Gasteiger partial charge >= 0.3 is 35.2 Å². The van der Waals surface area contributed by atoms with Crippen LogP contribution in [0.25, 0.3) is 0 Å². The van der Waals surface area contributed by atoms with Crippen LogP contribution >= 0.6 is 43.2 Å². The van der Waals surface area contributed by atoms with Crippen molar-refractivity contribution in [2.24, 2.45) is 0 Å². The van der Waals surface area contributed by atoms with Gasteiger partial charge in [-0.05, 0) is 67.2 Å². The fourth-order valence-electron chi connectivity index (χ4n) is 4.74. The van der Waals surface area contributed by atoms with Crippen molar-refractivity contribution in [3.05, 3.63) is 0 Å². The van der Waals surface area contributed by atoms with Crippen LogP contribution in [-0.4, -0.2) is 141 Å². The van der Waals surface area contributed by atoms with Crippen molar-refractivity contribution >= 4 is 78.4 Å². The van der Waals surface area contributed by atoms with Gasteiger partial charge in [-0.1, -0.05) is 43.2 Å².